The van der Waals surface area contributed by atoms with E-state index in [9.17, 15) is 15.3 Å². The Morgan fingerprint density at radius 2 is 1.80 bits per heavy atom. The molecule has 0 heterocycles. The van der Waals surface area contributed by atoms with Crippen LogP contribution in [0.25, 0.3) is 0 Å². The van der Waals surface area contributed by atoms with E-state index in [1.54, 1.807) is 0 Å². The van der Waals surface area contributed by atoms with E-state index < -0.39 is 11.7 Å². The van der Waals surface area contributed by atoms with Crippen molar-refractivity contribution in [3.63, 3.8) is 0 Å². The van der Waals surface area contributed by atoms with Crippen LogP contribution in [-0.2, 0) is 0 Å². The predicted molar refractivity (Wildman–Crippen MR) is 122 cm³/mol. The number of fused-ring (bicyclic) bond motifs is 5. The van der Waals surface area contributed by atoms with Gasteiger partial charge in [-0.2, -0.15) is 0 Å². The van der Waals surface area contributed by atoms with E-state index >= 15 is 0 Å². The van der Waals surface area contributed by atoms with E-state index in [2.05, 4.69) is 33.8 Å². The van der Waals surface area contributed by atoms with Gasteiger partial charge in [-0.3, -0.25) is 0 Å². The van der Waals surface area contributed by atoms with Crippen LogP contribution < -0.4 is 0 Å². The normalized spacial score (nSPS) is 46.4. The Labute approximate surface area is 184 Å². The molecular weight excluding hydrogens is 372 g/mol. The van der Waals surface area contributed by atoms with Crippen LogP contribution in [-0.4, -0.2) is 33.1 Å². The van der Waals surface area contributed by atoms with Gasteiger partial charge in [0.1, 0.15) is 0 Å². The summed E-state index contributed by atoms with van der Waals surface area (Å²) in [5.74, 6) is 2.80. The zero-order chi connectivity index (χ0) is 21.9. The first-order valence-corrected chi connectivity index (χ1v) is 12.8. The minimum absolute atomic E-state index is 0.124. The molecule has 0 radical (unpaired) electrons. The summed E-state index contributed by atoms with van der Waals surface area (Å²) in [6.45, 7) is 11.2. The summed E-state index contributed by atoms with van der Waals surface area (Å²) < 4.78 is 0. The van der Waals surface area contributed by atoms with Gasteiger partial charge in [0.15, 0.2) is 0 Å². The SMILES string of the molecule is CC(C)CC[C@@H](O)[C@@](C)(O)[C@H]1CC[C@H]2[C@@H]3CC=C4CC(O)CC[C@]4(C)[C@H]3CC[C@]12C. The van der Waals surface area contributed by atoms with Crippen LogP contribution in [0, 0.1) is 40.4 Å². The van der Waals surface area contributed by atoms with Crippen molar-refractivity contribution in [3.8, 4) is 0 Å². The summed E-state index contributed by atoms with van der Waals surface area (Å²) in [5.41, 5.74) is 0.914. The number of rotatable bonds is 5. The van der Waals surface area contributed by atoms with Crippen molar-refractivity contribution in [1.82, 2.24) is 0 Å². The van der Waals surface area contributed by atoms with Crippen LogP contribution in [0.4, 0.5) is 0 Å². The highest BCUT2D eigenvalue weighted by Gasteiger charge is 2.62. The lowest BCUT2D eigenvalue weighted by atomic mass is 9.46. The fraction of sp³-hybridized carbons (Fsp3) is 0.926. The number of hydrogen-bond donors (Lipinski definition) is 3. The standard InChI is InChI=1S/C27H46O3/c1-17(2)6-11-24(29)27(5,30)23-10-9-21-20-8-7-18-16-19(28)12-14-25(18,3)22(20)13-15-26(21,23)4/h7,17,19-24,28-30H,6,8-16H2,1-5H3/t19?,20-,21-,22-,23-,24+,25-,26-,27-/m0/s1. The molecular formula is C27H46O3. The molecule has 3 nitrogen and oxygen atoms in total. The number of aliphatic hydroxyl groups is 3. The highest BCUT2D eigenvalue weighted by molar-refractivity contribution is 5.25. The van der Waals surface area contributed by atoms with Crippen molar-refractivity contribution in [3.05, 3.63) is 11.6 Å². The topological polar surface area (TPSA) is 60.7 Å². The van der Waals surface area contributed by atoms with Crippen molar-refractivity contribution in [1.29, 1.82) is 0 Å². The van der Waals surface area contributed by atoms with Crippen LogP contribution >= 0.6 is 0 Å². The quantitative estimate of drug-likeness (QED) is 0.519. The van der Waals surface area contributed by atoms with Crippen LogP contribution in [0.5, 0.6) is 0 Å². The van der Waals surface area contributed by atoms with E-state index in [0.717, 1.165) is 44.4 Å². The Bertz CT molecular complexity index is 667. The minimum Gasteiger partial charge on any atom is -0.393 e. The Hall–Kier alpha value is -0.380. The Morgan fingerprint density at radius 3 is 2.50 bits per heavy atom. The maximum absolute atomic E-state index is 11.6. The van der Waals surface area contributed by atoms with Gasteiger partial charge in [0.25, 0.3) is 0 Å². The van der Waals surface area contributed by atoms with E-state index in [4.69, 9.17) is 0 Å². The Kier molecular flexibility index (Phi) is 5.99. The maximum atomic E-state index is 11.6. The molecule has 9 atom stereocenters. The summed E-state index contributed by atoms with van der Waals surface area (Å²) >= 11 is 0. The molecule has 0 aromatic heterocycles. The van der Waals surface area contributed by atoms with Crippen molar-refractivity contribution in [2.75, 3.05) is 0 Å². The first-order valence-electron chi connectivity index (χ1n) is 12.8. The number of allylic oxidation sites excluding steroid dienone is 1. The third-order valence-electron chi connectivity index (χ3n) is 10.5. The second-order valence-electron chi connectivity index (χ2n) is 12.5. The zero-order valence-corrected chi connectivity index (χ0v) is 20.0. The molecule has 3 fully saturated rings. The fourth-order valence-electron chi connectivity index (χ4n) is 8.62. The Morgan fingerprint density at radius 1 is 1.07 bits per heavy atom. The van der Waals surface area contributed by atoms with Crippen molar-refractivity contribution < 1.29 is 15.3 Å². The van der Waals surface area contributed by atoms with Gasteiger partial charge in [0.05, 0.1) is 17.8 Å². The second kappa shape index (κ2) is 7.89. The minimum atomic E-state index is -1.00. The van der Waals surface area contributed by atoms with Gasteiger partial charge in [-0.25, -0.2) is 0 Å². The lowest BCUT2D eigenvalue weighted by Gasteiger charge is -2.59. The van der Waals surface area contributed by atoms with Gasteiger partial charge in [-0.15, -0.1) is 0 Å². The van der Waals surface area contributed by atoms with Crippen molar-refractivity contribution in [2.24, 2.45) is 40.4 Å². The van der Waals surface area contributed by atoms with Gasteiger partial charge < -0.3 is 15.3 Å². The monoisotopic (exact) mass is 418 g/mol. The summed E-state index contributed by atoms with van der Waals surface area (Å²) in [6, 6.07) is 0. The van der Waals surface area contributed by atoms with Gasteiger partial charge in [-0.05, 0) is 112 Å². The lowest BCUT2D eigenvalue weighted by molar-refractivity contribution is -0.151. The molecule has 0 spiro atoms. The van der Waals surface area contributed by atoms with Gasteiger partial charge in [-0.1, -0.05) is 39.3 Å². The molecule has 4 aliphatic rings. The van der Waals surface area contributed by atoms with E-state index in [0.29, 0.717) is 24.2 Å². The summed E-state index contributed by atoms with van der Waals surface area (Å²) in [4.78, 5) is 0. The van der Waals surface area contributed by atoms with Crippen LogP contribution in [0.3, 0.4) is 0 Å². The molecule has 0 bridgehead atoms. The van der Waals surface area contributed by atoms with E-state index in [1.165, 1.54) is 24.8 Å². The highest BCUT2D eigenvalue weighted by atomic mass is 16.3. The average molecular weight is 419 g/mol. The fourth-order valence-corrected chi connectivity index (χ4v) is 8.62. The molecule has 0 saturated heterocycles. The molecule has 3 heteroatoms. The highest BCUT2D eigenvalue weighted by Crippen LogP contribution is 2.67. The molecule has 4 aliphatic carbocycles. The molecule has 0 aromatic rings. The second-order valence-corrected chi connectivity index (χ2v) is 12.5. The van der Waals surface area contributed by atoms with Crippen LogP contribution in [0.2, 0.25) is 0 Å². The van der Waals surface area contributed by atoms with Crippen LogP contribution in [0.1, 0.15) is 98.8 Å². The summed E-state index contributed by atoms with van der Waals surface area (Å²) in [7, 11) is 0. The molecule has 3 N–H and O–H groups in total. The first kappa shape index (κ1) is 22.8. The molecule has 30 heavy (non-hydrogen) atoms. The third kappa shape index (κ3) is 3.52. The Balaban J connectivity index is 1.55. The summed E-state index contributed by atoms with van der Waals surface area (Å²) in [6.07, 6.45) is 12.1. The molecule has 0 aromatic carbocycles. The zero-order valence-electron chi connectivity index (χ0n) is 20.0. The van der Waals surface area contributed by atoms with Crippen LogP contribution in [0.15, 0.2) is 11.6 Å². The van der Waals surface area contributed by atoms with Crippen molar-refractivity contribution >= 4 is 0 Å². The van der Waals surface area contributed by atoms with Gasteiger partial charge >= 0.3 is 0 Å². The lowest BCUT2D eigenvalue weighted by Crippen LogP contribution is -2.55. The third-order valence-corrected chi connectivity index (χ3v) is 10.5. The molecule has 1 unspecified atom stereocenters. The molecule has 0 aliphatic heterocycles. The van der Waals surface area contributed by atoms with E-state index in [-0.39, 0.29) is 22.9 Å². The smallest absolute Gasteiger partial charge is 0.0910 e. The molecule has 3 saturated carbocycles. The molecule has 172 valence electrons. The van der Waals surface area contributed by atoms with Crippen molar-refractivity contribution in [2.45, 2.75) is 117 Å². The molecule has 4 rings (SSSR count). The first-order chi connectivity index (χ1) is 14.0. The van der Waals surface area contributed by atoms with Gasteiger partial charge in [0, 0.05) is 0 Å². The number of aliphatic hydroxyl groups excluding tert-OH is 2. The largest absolute Gasteiger partial charge is 0.393 e. The maximum Gasteiger partial charge on any atom is 0.0910 e. The number of hydrogen-bond acceptors (Lipinski definition) is 3. The predicted octanol–water partition coefficient (Wildman–Crippen LogP) is 5.47. The average Bonchev–Trinajstić information content (AvgIpc) is 3.04. The van der Waals surface area contributed by atoms with E-state index in [1.807, 2.05) is 6.92 Å². The molecule has 0 amide bonds. The summed E-state index contributed by atoms with van der Waals surface area (Å²) in [5, 5.41) is 32.7. The van der Waals surface area contributed by atoms with Gasteiger partial charge in [0.2, 0.25) is 0 Å².